The summed E-state index contributed by atoms with van der Waals surface area (Å²) in [5.41, 5.74) is 1.61. The fourth-order valence-electron chi connectivity index (χ4n) is 1.97. The highest BCUT2D eigenvalue weighted by Crippen LogP contribution is 2.14. The van der Waals surface area contributed by atoms with Gasteiger partial charge in [-0.05, 0) is 0 Å². The van der Waals surface area contributed by atoms with Crippen LogP contribution in [0.4, 0.5) is 0 Å². The summed E-state index contributed by atoms with van der Waals surface area (Å²) in [5, 5.41) is 16.8. The molecule has 2 aromatic rings. The third-order valence-corrected chi connectivity index (χ3v) is 3.30. The minimum absolute atomic E-state index is 0.0304. The maximum absolute atomic E-state index is 12.1. The summed E-state index contributed by atoms with van der Waals surface area (Å²) in [6.45, 7) is 1.76. The maximum Gasteiger partial charge on any atom is 0.308 e. The van der Waals surface area contributed by atoms with Crippen LogP contribution in [0.15, 0.2) is 36.5 Å². The van der Waals surface area contributed by atoms with Crippen LogP contribution in [0, 0.1) is 5.92 Å². The molecule has 1 N–H and O–H groups in total. The van der Waals surface area contributed by atoms with E-state index in [-0.39, 0.29) is 19.0 Å². The molecule has 0 spiro atoms. The number of rotatable bonds is 6. The lowest BCUT2D eigenvalue weighted by molar-refractivity contribution is -0.142. The third-order valence-electron chi connectivity index (χ3n) is 3.30. The maximum atomic E-state index is 12.1. The molecule has 0 bridgehead atoms. The Morgan fingerprint density at radius 2 is 2.00 bits per heavy atom. The molecule has 7 heteroatoms. The van der Waals surface area contributed by atoms with E-state index in [1.165, 1.54) is 9.58 Å². The number of hydrogen-bond acceptors (Lipinski definition) is 4. The van der Waals surface area contributed by atoms with Gasteiger partial charge < -0.3 is 10.0 Å². The number of amides is 1. The first kappa shape index (κ1) is 15.7. The van der Waals surface area contributed by atoms with Gasteiger partial charge in [0.15, 0.2) is 0 Å². The molecule has 22 heavy (non-hydrogen) atoms. The molecule has 0 fully saturated rings. The van der Waals surface area contributed by atoms with Crippen LogP contribution in [0.5, 0.6) is 0 Å². The van der Waals surface area contributed by atoms with Gasteiger partial charge in [-0.15, -0.1) is 5.10 Å². The van der Waals surface area contributed by atoms with Crippen LogP contribution in [0.25, 0.3) is 11.3 Å². The molecule has 0 saturated heterocycles. The van der Waals surface area contributed by atoms with Gasteiger partial charge in [-0.3, -0.25) is 9.59 Å². The van der Waals surface area contributed by atoms with Crippen LogP contribution in [0.2, 0.25) is 0 Å². The summed E-state index contributed by atoms with van der Waals surface area (Å²) in [4.78, 5) is 24.3. The minimum Gasteiger partial charge on any atom is -0.481 e. The molecule has 2 rings (SSSR count). The first-order valence-electron chi connectivity index (χ1n) is 6.89. The second-order valence-corrected chi connectivity index (χ2v) is 5.18. The summed E-state index contributed by atoms with van der Waals surface area (Å²) in [5.74, 6) is -1.74. The molecule has 0 aliphatic carbocycles. The molecule has 1 heterocycles. The Bertz CT molecular complexity index is 654. The highest BCUT2D eigenvalue weighted by molar-refractivity contribution is 5.77. The highest BCUT2D eigenvalue weighted by atomic mass is 16.4. The zero-order chi connectivity index (χ0) is 16.1. The number of carbonyl (C=O) groups is 2. The average Bonchev–Trinajstić information content (AvgIpc) is 2.96. The van der Waals surface area contributed by atoms with Crippen molar-refractivity contribution in [2.75, 3.05) is 13.6 Å². The summed E-state index contributed by atoms with van der Waals surface area (Å²) in [6.07, 6.45) is 1.70. The summed E-state index contributed by atoms with van der Waals surface area (Å²) >= 11 is 0. The van der Waals surface area contributed by atoms with E-state index in [1.807, 2.05) is 30.3 Å². The summed E-state index contributed by atoms with van der Waals surface area (Å²) < 4.78 is 1.45. The Balaban J connectivity index is 1.98. The van der Waals surface area contributed by atoms with Gasteiger partial charge in [0.1, 0.15) is 12.2 Å². The van der Waals surface area contributed by atoms with E-state index >= 15 is 0 Å². The van der Waals surface area contributed by atoms with Crippen LogP contribution >= 0.6 is 0 Å². The SMILES string of the molecule is CC(CN(C)C(=O)Cn1cc(-c2ccccc2)nn1)C(=O)O. The van der Waals surface area contributed by atoms with E-state index in [0.29, 0.717) is 5.69 Å². The van der Waals surface area contributed by atoms with Crippen LogP contribution in [-0.4, -0.2) is 50.5 Å². The van der Waals surface area contributed by atoms with Crippen molar-refractivity contribution in [3.05, 3.63) is 36.5 Å². The molecule has 0 aliphatic heterocycles. The molecule has 0 radical (unpaired) electrons. The molecule has 1 atom stereocenters. The standard InChI is InChI=1S/C15H18N4O3/c1-11(15(21)22)8-18(2)14(20)10-19-9-13(16-17-19)12-6-4-3-5-7-12/h3-7,9,11H,8,10H2,1-2H3,(H,21,22). The van der Waals surface area contributed by atoms with Crippen molar-refractivity contribution >= 4 is 11.9 Å². The molecule has 1 unspecified atom stereocenters. The number of aliphatic carboxylic acids is 1. The summed E-state index contributed by atoms with van der Waals surface area (Å²) in [6, 6.07) is 9.55. The van der Waals surface area contributed by atoms with E-state index in [1.54, 1.807) is 20.2 Å². The van der Waals surface area contributed by atoms with Gasteiger partial charge in [0.25, 0.3) is 0 Å². The van der Waals surface area contributed by atoms with Crippen LogP contribution in [-0.2, 0) is 16.1 Å². The van der Waals surface area contributed by atoms with Crippen LogP contribution in [0.1, 0.15) is 6.92 Å². The Morgan fingerprint density at radius 1 is 1.32 bits per heavy atom. The van der Waals surface area contributed by atoms with E-state index in [9.17, 15) is 9.59 Å². The normalized spacial score (nSPS) is 11.9. The lowest BCUT2D eigenvalue weighted by Crippen LogP contribution is -2.35. The number of likely N-dealkylation sites (N-methyl/N-ethyl adjacent to an activating group) is 1. The number of hydrogen-bond donors (Lipinski definition) is 1. The van der Waals surface area contributed by atoms with Gasteiger partial charge in [0.2, 0.25) is 5.91 Å². The van der Waals surface area contributed by atoms with Crippen molar-refractivity contribution < 1.29 is 14.7 Å². The molecule has 1 aromatic carbocycles. The first-order chi connectivity index (χ1) is 10.5. The molecular formula is C15H18N4O3. The third kappa shape index (κ3) is 3.91. The second kappa shape index (κ2) is 6.84. The largest absolute Gasteiger partial charge is 0.481 e. The molecule has 1 amide bonds. The van der Waals surface area contributed by atoms with E-state index < -0.39 is 11.9 Å². The quantitative estimate of drug-likeness (QED) is 0.864. The van der Waals surface area contributed by atoms with Gasteiger partial charge in [-0.2, -0.15) is 0 Å². The predicted octanol–water partition coefficient (Wildman–Crippen LogP) is 1.12. The van der Waals surface area contributed by atoms with Crippen LogP contribution < -0.4 is 0 Å². The Hall–Kier alpha value is -2.70. The molecule has 0 saturated carbocycles. The van der Waals surface area contributed by atoms with Gasteiger partial charge in [-0.1, -0.05) is 42.5 Å². The molecule has 0 aliphatic rings. The van der Waals surface area contributed by atoms with Crippen LogP contribution in [0.3, 0.4) is 0 Å². The topological polar surface area (TPSA) is 88.3 Å². The van der Waals surface area contributed by atoms with Gasteiger partial charge in [-0.25, -0.2) is 4.68 Å². The number of carboxylic acid groups (broad SMARTS) is 1. The second-order valence-electron chi connectivity index (χ2n) is 5.18. The number of aromatic nitrogens is 3. The summed E-state index contributed by atoms with van der Waals surface area (Å²) in [7, 11) is 1.58. The zero-order valence-corrected chi connectivity index (χ0v) is 12.5. The predicted molar refractivity (Wildman–Crippen MR) is 79.9 cm³/mol. The van der Waals surface area contributed by atoms with Crippen molar-refractivity contribution in [2.45, 2.75) is 13.5 Å². The Labute approximate surface area is 128 Å². The van der Waals surface area contributed by atoms with Gasteiger partial charge in [0, 0.05) is 19.2 Å². The monoisotopic (exact) mass is 302 g/mol. The van der Waals surface area contributed by atoms with Gasteiger partial charge >= 0.3 is 5.97 Å². The van der Waals surface area contributed by atoms with Crippen molar-refractivity contribution in [3.8, 4) is 11.3 Å². The number of carbonyl (C=O) groups excluding carboxylic acids is 1. The average molecular weight is 302 g/mol. The lowest BCUT2D eigenvalue weighted by Gasteiger charge is -2.19. The first-order valence-corrected chi connectivity index (χ1v) is 6.89. The minimum atomic E-state index is -0.924. The van der Waals surface area contributed by atoms with Gasteiger partial charge in [0.05, 0.1) is 12.1 Å². The van der Waals surface area contributed by atoms with Crippen molar-refractivity contribution in [1.29, 1.82) is 0 Å². The van der Waals surface area contributed by atoms with Crippen molar-refractivity contribution in [1.82, 2.24) is 19.9 Å². The number of benzene rings is 1. The Kier molecular flexibility index (Phi) is 4.88. The fraction of sp³-hybridized carbons (Fsp3) is 0.333. The van der Waals surface area contributed by atoms with Crippen molar-refractivity contribution in [2.24, 2.45) is 5.92 Å². The molecule has 7 nitrogen and oxygen atoms in total. The van der Waals surface area contributed by atoms with E-state index in [4.69, 9.17) is 5.11 Å². The number of nitrogens with zero attached hydrogens (tertiary/aromatic N) is 4. The zero-order valence-electron chi connectivity index (χ0n) is 12.5. The molecule has 116 valence electrons. The fourth-order valence-corrected chi connectivity index (χ4v) is 1.97. The lowest BCUT2D eigenvalue weighted by atomic mass is 10.2. The number of carboxylic acids is 1. The molecule has 1 aromatic heterocycles. The van der Waals surface area contributed by atoms with E-state index in [0.717, 1.165) is 5.56 Å². The molecular weight excluding hydrogens is 284 g/mol. The van der Waals surface area contributed by atoms with Crippen molar-refractivity contribution in [3.63, 3.8) is 0 Å². The smallest absolute Gasteiger partial charge is 0.308 e. The highest BCUT2D eigenvalue weighted by Gasteiger charge is 2.18. The Morgan fingerprint density at radius 3 is 2.64 bits per heavy atom. The van der Waals surface area contributed by atoms with E-state index in [2.05, 4.69) is 10.3 Å².